The first-order valence-corrected chi connectivity index (χ1v) is 9.09. The smallest absolute Gasteiger partial charge is 0.340 e. The Balaban J connectivity index is 4.31. The number of esters is 1. The van der Waals surface area contributed by atoms with Gasteiger partial charge in [0.15, 0.2) is 0 Å². The molecule has 0 spiro atoms. The molecule has 0 aromatic rings. The largest absolute Gasteiger partial charge is 0.479 e. The second-order valence-electron chi connectivity index (χ2n) is 4.62. The van der Waals surface area contributed by atoms with Gasteiger partial charge in [0.1, 0.15) is 5.44 Å². The number of alkyl halides is 1. The van der Waals surface area contributed by atoms with Crippen molar-refractivity contribution >= 4 is 34.3 Å². The molecule has 0 aliphatic heterocycles. The van der Waals surface area contributed by atoms with E-state index in [4.69, 9.17) is 21.7 Å². The van der Waals surface area contributed by atoms with Gasteiger partial charge in [0.05, 0.1) is 13.2 Å². The minimum atomic E-state index is -1.71. The highest BCUT2D eigenvalue weighted by Crippen LogP contribution is 2.23. The lowest BCUT2D eigenvalue weighted by molar-refractivity contribution is -0.150. The first-order chi connectivity index (χ1) is 10.5. The molecule has 0 aliphatic carbocycles. The average Bonchev–Trinajstić information content (AvgIpc) is 2.47. The number of hydrogen-bond donors (Lipinski definition) is 0. The lowest BCUT2D eigenvalue weighted by atomic mass is 10.2. The van der Waals surface area contributed by atoms with E-state index >= 15 is 0 Å². The van der Waals surface area contributed by atoms with Gasteiger partial charge in [-0.15, -0.1) is 0 Å². The maximum Gasteiger partial charge on any atom is 0.340 e. The van der Waals surface area contributed by atoms with Crippen LogP contribution in [0.2, 0.25) is 0 Å². The van der Waals surface area contributed by atoms with Crippen LogP contribution in [0.1, 0.15) is 52.9 Å². The summed E-state index contributed by atoms with van der Waals surface area (Å²) < 4.78 is 29.7. The number of halogens is 1. The average molecular weight is 355 g/mol. The van der Waals surface area contributed by atoms with Crippen LogP contribution < -0.4 is 0 Å². The Morgan fingerprint density at radius 1 is 1.14 bits per heavy atom. The predicted octanol–water partition coefficient (Wildman–Crippen LogP) is 4.26. The highest BCUT2D eigenvalue weighted by molar-refractivity contribution is 8.22. The van der Waals surface area contributed by atoms with E-state index in [9.17, 15) is 9.18 Å². The van der Waals surface area contributed by atoms with Crippen LogP contribution in [-0.4, -0.2) is 41.8 Å². The molecule has 2 unspecified atom stereocenters. The molecule has 0 radical (unpaired) electrons. The number of thiocarbonyl (C=S) groups is 1. The topological polar surface area (TPSA) is 44.8 Å². The maximum atomic E-state index is 13.8. The van der Waals surface area contributed by atoms with Crippen LogP contribution in [0.4, 0.5) is 4.39 Å². The highest BCUT2D eigenvalue weighted by atomic mass is 32.2. The lowest BCUT2D eigenvalue weighted by Crippen LogP contribution is -2.25. The molecule has 0 aromatic carbocycles. The van der Waals surface area contributed by atoms with Crippen molar-refractivity contribution in [2.45, 2.75) is 64.5 Å². The third kappa shape index (κ3) is 11.2. The third-order valence-corrected chi connectivity index (χ3v) is 4.04. The molecule has 22 heavy (non-hydrogen) atoms. The summed E-state index contributed by atoms with van der Waals surface area (Å²) in [6, 6.07) is 0. The molecule has 0 fully saturated rings. The molecule has 0 N–H and O–H groups in total. The summed E-state index contributed by atoms with van der Waals surface area (Å²) in [4.78, 5) is 11.4. The monoisotopic (exact) mass is 354 g/mol. The maximum absolute atomic E-state index is 13.8. The Kier molecular flexibility index (Phi) is 14.0. The number of rotatable bonds is 12. The van der Waals surface area contributed by atoms with Crippen molar-refractivity contribution in [3.63, 3.8) is 0 Å². The van der Waals surface area contributed by atoms with Gasteiger partial charge in [-0.2, -0.15) is 0 Å². The van der Waals surface area contributed by atoms with Gasteiger partial charge in [-0.05, 0) is 44.2 Å². The molecule has 0 saturated heterocycles. The van der Waals surface area contributed by atoms with Gasteiger partial charge >= 0.3 is 5.97 Å². The van der Waals surface area contributed by atoms with Crippen molar-refractivity contribution in [3.8, 4) is 0 Å². The molecule has 7 heteroatoms. The molecule has 0 aromatic heterocycles. The molecule has 0 aliphatic rings. The summed E-state index contributed by atoms with van der Waals surface area (Å²) in [6.45, 7) is 6.72. The van der Waals surface area contributed by atoms with Gasteiger partial charge in [0.2, 0.25) is 10.6 Å². The fraction of sp³-hybridized carbons (Fsp3) is 0.867. The second kappa shape index (κ2) is 14.2. The molecule has 0 amide bonds. The zero-order valence-corrected chi connectivity index (χ0v) is 15.3. The molecular formula is C15H27FO4S2. The van der Waals surface area contributed by atoms with E-state index in [2.05, 4.69) is 11.7 Å². The number of thioether (sulfide) groups is 1. The number of ether oxygens (including phenoxy) is 3. The van der Waals surface area contributed by atoms with Gasteiger partial charge in [-0.1, -0.05) is 26.2 Å². The Morgan fingerprint density at radius 2 is 1.82 bits per heavy atom. The van der Waals surface area contributed by atoms with Crippen LogP contribution in [0.15, 0.2) is 0 Å². The summed E-state index contributed by atoms with van der Waals surface area (Å²) in [6.07, 6.45) is 2.46. The summed E-state index contributed by atoms with van der Waals surface area (Å²) in [5.74, 6) is -0.856. The van der Waals surface area contributed by atoms with E-state index in [1.165, 1.54) is 0 Å². The van der Waals surface area contributed by atoms with Gasteiger partial charge in [0, 0.05) is 13.0 Å². The van der Waals surface area contributed by atoms with Crippen molar-refractivity contribution < 1.29 is 23.4 Å². The van der Waals surface area contributed by atoms with Crippen LogP contribution in [0.3, 0.4) is 0 Å². The number of carbonyl (C=O) groups is 1. The molecule has 0 heterocycles. The first-order valence-electron chi connectivity index (χ1n) is 7.80. The normalized spacial score (nSPS) is 13.5. The fourth-order valence-electron chi connectivity index (χ4n) is 1.65. The fourth-order valence-corrected chi connectivity index (χ4v) is 2.92. The Bertz CT molecular complexity index is 316. The van der Waals surface area contributed by atoms with Crippen LogP contribution in [0.5, 0.6) is 0 Å². The van der Waals surface area contributed by atoms with E-state index in [0.29, 0.717) is 17.6 Å². The van der Waals surface area contributed by atoms with Crippen molar-refractivity contribution in [2.75, 3.05) is 19.8 Å². The van der Waals surface area contributed by atoms with Gasteiger partial charge in [-0.3, -0.25) is 0 Å². The van der Waals surface area contributed by atoms with Gasteiger partial charge in [0.25, 0.3) is 0 Å². The van der Waals surface area contributed by atoms with Crippen LogP contribution >= 0.6 is 24.0 Å². The van der Waals surface area contributed by atoms with Gasteiger partial charge in [-0.25, -0.2) is 9.18 Å². The summed E-state index contributed by atoms with van der Waals surface area (Å²) in [7, 11) is 0. The number of hydrogen-bond acceptors (Lipinski definition) is 6. The SMILES string of the molecule is CCCCCCOC(CC(F)C(=O)OCC)SC(=S)OCC. The molecular weight excluding hydrogens is 327 g/mol. The van der Waals surface area contributed by atoms with E-state index in [1.807, 2.05) is 6.92 Å². The molecule has 0 rings (SSSR count). The Morgan fingerprint density at radius 3 is 2.41 bits per heavy atom. The van der Waals surface area contributed by atoms with Crippen LogP contribution in [0.25, 0.3) is 0 Å². The molecule has 0 saturated carbocycles. The van der Waals surface area contributed by atoms with Crippen LogP contribution in [-0.2, 0) is 19.0 Å². The predicted molar refractivity (Wildman–Crippen MR) is 91.8 cm³/mol. The highest BCUT2D eigenvalue weighted by Gasteiger charge is 2.26. The van der Waals surface area contributed by atoms with Crippen molar-refractivity contribution in [2.24, 2.45) is 0 Å². The van der Waals surface area contributed by atoms with E-state index < -0.39 is 17.6 Å². The zero-order valence-electron chi connectivity index (χ0n) is 13.6. The zero-order chi connectivity index (χ0) is 16.8. The summed E-state index contributed by atoms with van der Waals surface area (Å²) in [5.41, 5.74) is -0.542. The minimum Gasteiger partial charge on any atom is -0.479 e. The van der Waals surface area contributed by atoms with Crippen molar-refractivity contribution in [1.29, 1.82) is 0 Å². The first kappa shape index (κ1) is 21.6. The molecule has 2 atom stereocenters. The Hall–Kier alpha value is -0.400. The van der Waals surface area contributed by atoms with E-state index in [1.54, 1.807) is 6.92 Å². The lowest BCUT2D eigenvalue weighted by Gasteiger charge is -2.19. The van der Waals surface area contributed by atoms with Crippen LogP contribution in [0, 0.1) is 0 Å². The minimum absolute atomic E-state index is 0.0928. The van der Waals surface area contributed by atoms with Crippen molar-refractivity contribution in [3.05, 3.63) is 0 Å². The second-order valence-corrected chi connectivity index (χ2v) is 6.38. The standard InChI is InChI=1S/C15H27FO4S2/c1-4-7-8-9-10-20-13(22-15(21)19-6-3)11-12(16)14(17)18-5-2/h12-13H,4-11H2,1-3H3. The molecule has 0 bridgehead atoms. The number of carbonyl (C=O) groups excluding carboxylic acids is 1. The van der Waals surface area contributed by atoms with E-state index in [-0.39, 0.29) is 13.0 Å². The third-order valence-electron chi connectivity index (χ3n) is 2.73. The molecule has 4 nitrogen and oxygen atoms in total. The molecule has 130 valence electrons. The van der Waals surface area contributed by atoms with Crippen molar-refractivity contribution in [1.82, 2.24) is 0 Å². The summed E-state index contributed by atoms with van der Waals surface area (Å²) >= 11 is 6.18. The summed E-state index contributed by atoms with van der Waals surface area (Å²) in [5, 5.41) is 0. The van der Waals surface area contributed by atoms with Gasteiger partial charge < -0.3 is 14.2 Å². The quantitative estimate of drug-likeness (QED) is 0.226. The Labute approximate surface area is 142 Å². The number of unbranched alkanes of at least 4 members (excludes halogenated alkanes) is 3. The van der Waals surface area contributed by atoms with E-state index in [0.717, 1.165) is 37.4 Å².